The summed E-state index contributed by atoms with van der Waals surface area (Å²) < 4.78 is 2.34. The lowest BCUT2D eigenvalue weighted by atomic mass is 9.71. The van der Waals surface area contributed by atoms with E-state index in [1.165, 1.54) is 27.4 Å². The molecule has 2 bridgehead atoms. The lowest BCUT2D eigenvalue weighted by molar-refractivity contribution is -0.139. The normalized spacial score (nSPS) is 17.9. The molecular formula is C40H25NO2. The van der Waals surface area contributed by atoms with Crippen LogP contribution in [0.2, 0.25) is 0 Å². The van der Waals surface area contributed by atoms with Gasteiger partial charge >= 0.3 is 0 Å². The highest BCUT2D eigenvalue weighted by atomic mass is 16.2. The minimum atomic E-state index is -0.527. The molecule has 0 radical (unpaired) electrons. The third kappa shape index (κ3) is 3.36. The van der Waals surface area contributed by atoms with E-state index in [0.29, 0.717) is 0 Å². The summed E-state index contributed by atoms with van der Waals surface area (Å²) in [6.07, 6.45) is 5.78. The summed E-state index contributed by atoms with van der Waals surface area (Å²) in [6.45, 7) is 0. The molecule has 0 amide bonds. The van der Waals surface area contributed by atoms with E-state index >= 15 is 0 Å². The fourth-order valence-corrected chi connectivity index (χ4v) is 7.36. The molecule has 0 saturated heterocycles. The van der Waals surface area contributed by atoms with Crippen molar-refractivity contribution in [3.8, 4) is 16.8 Å². The van der Waals surface area contributed by atoms with Crippen LogP contribution in [0.4, 0.5) is 0 Å². The molecule has 2 atom stereocenters. The van der Waals surface area contributed by atoms with E-state index in [1.807, 2.05) is 18.2 Å². The van der Waals surface area contributed by atoms with E-state index < -0.39 is 11.8 Å². The Morgan fingerprint density at radius 2 is 0.953 bits per heavy atom. The first-order valence-electron chi connectivity index (χ1n) is 14.7. The zero-order valence-electron chi connectivity index (χ0n) is 23.2. The van der Waals surface area contributed by atoms with Crippen LogP contribution in [0.15, 0.2) is 140 Å². The number of carbonyl (C=O) groups is 2. The van der Waals surface area contributed by atoms with Crippen molar-refractivity contribution in [2.75, 3.05) is 0 Å². The second kappa shape index (κ2) is 8.98. The summed E-state index contributed by atoms with van der Waals surface area (Å²) in [6, 6.07) is 42.9. The number of Topliss-reactive ketones (excluding diaryl/α,β-unsaturated/α-hetero) is 2. The molecule has 202 valence electrons. The van der Waals surface area contributed by atoms with Crippen LogP contribution in [0, 0.1) is 11.8 Å². The number of fused-ring (bicyclic) bond motifs is 6. The maximum absolute atomic E-state index is 13.0. The van der Waals surface area contributed by atoms with Crippen LogP contribution in [-0.4, -0.2) is 16.1 Å². The number of ketones is 2. The maximum Gasteiger partial charge on any atom is 0.210 e. The first-order valence-corrected chi connectivity index (χ1v) is 14.7. The van der Waals surface area contributed by atoms with E-state index in [1.54, 1.807) is 0 Å². The zero-order valence-corrected chi connectivity index (χ0v) is 23.2. The van der Waals surface area contributed by atoms with Gasteiger partial charge in [0.05, 0.1) is 22.9 Å². The average Bonchev–Trinajstić information content (AvgIpc) is 3.40. The monoisotopic (exact) mass is 551 g/mol. The van der Waals surface area contributed by atoms with Crippen molar-refractivity contribution in [3.63, 3.8) is 0 Å². The fraction of sp³-hybridized carbons (Fsp3) is 0.0500. The van der Waals surface area contributed by atoms with Crippen molar-refractivity contribution in [3.05, 3.63) is 145 Å². The third-order valence-electron chi connectivity index (χ3n) is 9.25. The SMILES string of the molecule is O=C1C(=O)C2C=CC1C=C2c1c2ccccc2c(-c2ccc(-n3c4ccccc4c4ccccc43)cc2)c2ccccc12. The average molecular weight is 552 g/mol. The zero-order chi connectivity index (χ0) is 28.7. The van der Waals surface area contributed by atoms with Gasteiger partial charge < -0.3 is 4.57 Å². The lowest BCUT2D eigenvalue weighted by Crippen LogP contribution is -2.36. The van der Waals surface area contributed by atoms with Gasteiger partial charge in [0.25, 0.3) is 0 Å². The number of carbonyl (C=O) groups excluding carboxylic acids is 2. The molecule has 0 N–H and O–H groups in total. The number of aromatic nitrogens is 1. The molecule has 3 aliphatic carbocycles. The van der Waals surface area contributed by atoms with E-state index in [-0.39, 0.29) is 11.6 Å². The number of rotatable bonds is 3. The standard InChI is InChI=1S/C40H25NO2/c42-39-25-19-22-33(40(39)43)34(23-25)38-31-13-3-1-11-29(31)37(30-12-2-4-14-32(30)38)24-17-20-26(21-18-24)41-35-15-7-5-9-27(35)28-10-6-8-16-36(28)41/h1-23,25,33H. The highest BCUT2D eigenvalue weighted by Crippen LogP contribution is 2.46. The molecule has 7 aromatic rings. The van der Waals surface area contributed by atoms with Gasteiger partial charge in [-0.2, -0.15) is 0 Å². The van der Waals surface area contributed by atoms with Gasteiger partial charge in [0.1, 0.15) is 0 Å². The third-order valence-corrected chi connectivity index (χ3v) is 9.25. The second-order valence-corrected chi connectivity index (χ2v) is 11.5. The molecule has 3 nitrogen and oxygen atoms in total. The largest absolute Gasteiger partial charge is 0.309 e. The van der Waals surface area contributed by atoms with Crippen LogP contribution in [-0.2, 0) is 9.59 Å². The molecule has 3 heteroatoms. The maximum atomic E-state index is 13.0. The summed E-state index contributed by atoms with van der Waals surface area (Å²) in [7, 11) is 0. The first kappa shape index (κ1) is 24.1. The molecule has 43 heavy (non-hydrogen) atoms. The van der Waals surface area contributed by atoms with Crippen LogP contribution >= 0.6 is 0 Å². The topological polar surface area (TPSA) is 39.1 Å². The number of allylic oxidation sites excluding steroid dienone is 4. The van der Waals surface area contributed by atoms with E-state index in [0.717, 1.165) is 43.9 Å². The molecule has 0 saturated carbocycles. The minimum absolute atomic E-state index is 0.301. The van der Waals surface area contributed by atoms with Gasteiger partial charge in [-0.1, -0.05) is 115 Å². The fourth-order valence-electron chi connectivity index (χ4n) is 7.36. The number of hydrogen-bond acceptors (Lipinski definition) is 2. The van der Waals surface area contributed by atoms with Crippen molar-refractivity contribution in [1.29, 1.82) is 0 Å². The van der Waals surface area contributed by atoms with Gasteiger partial charge in [-0.15, -0.1) is 0 Å². The van der Waals surface area contributed by atoms with E-state index in [4.69, 9.17) is 0 Å². The van der Waals surface area contributed by atoms with Gasteiger partial charge in [-0.05, 0) is 68.1 Å². The summed E-state index contributed by atoms with van der Waals surface area (Å²) in [4.78, 5) is 25.5. The van der Waals surface area contributed by atoms with Crippen molar-refractivity contribution >= 4 is 60.5 Å². The Morgan fingerprint density at radius 1 is 0.465 bits per heavy atom. The Balaban J connectivity index is 1.27. The van der Waals surface area contributed by atoms with Gasteiger partial charge in [0, 0.05) is 16.5 Å². The van der Waals surface area contributed by atoms with Gasteiger partial charge in [-0.25, -0.2) is 0 Å². The van der Waals surface area contributed by atoms with Crippen LogP contribution in [0.25, 0.3) is 65.7 Å². The summed E-state index contributed by atoms with van der Waals surface area (Å²) >= 11 is 0. The Bertz CT molecular complexity index is 2280. The second-order valence-electron chi connectivity index (χ2n) is 11.5. The van der Waals surface area contributed by atoms with Crippen molar-refractivity contribution < 1.29 is 9.59 Å². The molecule has 0 fully saturated rings. The molecule has 0 aliphatic heterocycles. The van der Waals surface area contributed by atoms with E-state index in [9.17, 15) is 9.59 Å². The van der Waals surface area contributed by atoms with Crippen molar-refractivity contribution in [1.82, 2.24) is 4.57 Å². The van der Waals surface area contributed by atoms with Crippen molar-refractivity contribution in [2.45, 2.75) is 0 Å². The van der Waals surface area contributed by atoms with Crippen LogP contribution in [0.1, 0.15) is 5.56 Å². The Kier molecular flexibility index (Phi) is 5.03. The molecule has 6 aromatic carbocycles. The van der Waals surface area contributed by atoms with Crippen molar-refractivity contribution in [2.24, 2.45) is 11.8 Å². The molecule has 3 aliphatic rings. The van der Waals surface area contributed by atoms with Crippen LogP contribution < -0.4 is 0 Å². The molecule has 10 rings (SSSR count). The van der Waals surface area contributed by atoms with Gasteiger partial charge in [0.2, 0.25) is 11.6 Å². The predicted octanol–water partition coefficient (Wildman–Crippen LogP) is 9.09. The summed E-state index contributed by atoms with van der Waals surface area (Å²) in [5.41, 5.74) is 7.79. The number of nitrogens with zero attached hydrogens (tertiary/aromatic N) is 1. The highest BCUT2D eigenvalue weighted by Gasteiger charge is 2.40. The minimum Gasteiger partial charge on any atom is -0.309 e. The van der Waals surface area contributed by atoms with E-state index in [2.05, 4.69) is 126 Å². The molecule has 2 unspecified atom stereocenters. The first-order chi connectivity index (χ1) is 21.2. The highest BCUT2D eigenvalue weighted by molar-refractivity contribution is 6.44. The Hall–Kier alpha value is -5.54. The summed E-state index contributed by atoms with van der Waals surface area (Å²) in [5, 5.41) is 6.94. The smallest absolute Gasteiger partial charge is 0.210 e. The van der Waals surface area contributed by atoms with Crippen LogP contribution in [0.3, 0.4) is 0 Å². The van der Waals surface area contributed by atoms with Gasteiger partial charge in [0.15, 0.2) is 0 Å². The number of benzene rings is 6. The number of hydrogen-bond donors (Lipinski definition) is 0. The molecule has 1 heterocycles. The molecule has 1 aromatic heterocycles. The predicted molar refractivity (Wildman–Crippen MR) is 175 cm³/mol. The molecule has 0 spiro atoms. The quantitative estimate of drug-likeness (QED) is 0.125. The van der Waals surface area contributed by atoms with Crippen LogP contribution in [0.5, 0.6) is 0 Å². The van der Waals surface area contributed by atoms with Gasteiger partial charge in [-0.3, -0.25) is 9.59 Å². The Morgan fingerprint density at radius 3 is 1.49 bits per heavy atom. The Labute approximate surface area is 248 Å². The summed E-state index contributed by atoms with van der Waals surface area (Å²) in [5.74, 6) is -1.61. The lowest BCUT2D eigenvalue weighted by Gasteiger charge is -2.30. The molecular weight excluding hydrogens is 526 g/mol. The number of para-hydroxylation sites is 2.